The van der Waals surface area contributed by atoms with Crippen LogP contribution >= 0.6 is 12.6 Å². The molecule has 0 rings (SSSR count). The number of hydrogen-bond donors (Lipinski definition) is 6. The van der Waals surface area contributed by atoms with Crippen molar-refractivity contribution >= 4 is 30.4 Å². The highest BCUT2D eigenvalue weighted by molar-refractivity contribution is 7.80. The summed E-state index contributed by atoms with van der Waals surface area (Å²) in [7, 11) is 0. The Kier molecular flexibility index (Phi) is 9.77. The van der Waals surface area contributed by atoms with Crippen molar-refractivity contribution in [3.05, 3.63) is 0 Å². The Morgan fingerprint density at radius 2 is 1.85 bits per heavy atom. The summed E-state index contributed by atoms with van der Waals surface area (Å²) < 4.78 is 0. The Morgan fingerprint density at radius 3 is 2.35 bits per heavy atom. The van der Waals surface area contributed by atoms with Gasteiger partial charge >= 0.3 is 0 Å². The molecule has 0 aliphatic rings. The van der Waals surface area contributed by atoms with Crippen LogP contribution < -0.4 is 27.8 Å². The molecule has 0 aliphatic heterocycles. The van der Waals surface area contributed by atoms with Crippen LogP contribution in [0.25, 0.3) is 0 Å². The van der Waals surface area contributed by atoms with E-state index < -0.39 is 29.8 Å². The molecule has 0 saturated carbocycles. The molecule has 2 unspecified atom stereocenters. The number of hydrogen-bond acceptors (Lipinski definition) is 6. The van der Waals surface area contributed by atoms with Crippen molar-refractivity contribution in [1.29, 1.82) is 0 Å². The molecule has 0 radical (unpaired) electrons. The predicted molar refractivity (Wildman–Crippen MR) is 78.9 cm³/mol. The Hall–Kier alpha value is -1.32. The van der Waals surface area contributed by atoms with E-state index >= 15 is 0 Å². The second kappa shape index (κ2) is 10.5. The largest absolute Gasteiger partial charge is 0.368 e. The van der Waals surface area contributed by atoms with Gasteiger partial charge in [0.15, 0.2) is 0 Å². The topological polar surface area (TPSA) is 153 Å². The lowest BCUT2D eigenvalue weighted by Crippen LogP contribution is -2.50. The van der Waals surface area contributed by atoms with E-state index in [2.05, 4.69) is 23.3 Å². The highest BCUT2D eigenvalue weighted by atomic mass is 32.1. The molecular weight excluding hydrogens is 282 g/mol. The molecule has 0 fully saturated rings. The molecule has 0 aromatic rings. The van der Waals surface area contributed by atoms with Gasteiger partial charge in [0, 0.05) is 5.75 Å². The Labute approximate surface area is 123 Å². The van der Waals surface area contributed by atoms with E-state index in [1.807, 2.05) is 0 Å². The summed E-state index contributed by atoms with van der Waals surface area (Å²) >= 11 is 3.89. The number of nitrogens with one attached hydrogen (secondary N) is 2. The third-order valence-electron chi connectivity index (χ3n) is 2.59. The van der Waals surface area contributed by atoms with Crippen molar-refractivity contribution in [3.8, 4) is 0 Å². The summed E-state index contributed by atoms with van der Waals surface area (Å²) in [6.07, 6.45) is 2.05. The predicted octanol–water partition coefficient (Wildman–Crippen LogP) is -2.54. The van der Waals surface area contributed by atoms with E-state index in [0.717, 1.165) is 12.8 Å². The maximum atomic E-state index is 11.6. The van der Waals surface area contributed by atoms with Crippen molar-refractivity contribution in [2.75, 3.05) is 18.8 Å². The zero-order valence-electron chi connectivity index (χ0n) is 11.3. The second-order valence-corrected chi connectivity index (χ2v) is 4.68. The zero-order chi connectivity index (χ0) is 15.5. The lowest BCUT2D eigenvalue weighted by molar-refractivity contribution is -0.128. The van der Waals surface area contributed by atoms with Crippen LogP contribution in [0.4, 0.5) is 0 Å². The van der Waals surface area contributed by atoms with Gasteiger partial charge in [0.25, 0.3) is 0 Å². The van der Waals surface area contributed by atoms with Crippen LogP contribution in [0, 0.1) is 0 Å². The van der Waals surface area contributed by atoms with Crippen LogP contribution in [0.15, 0.2) is 0 Å². The number of primary amides is 1. The molecule has 8 N–H and O–H groups in total. The number of amides is 3. The summed E-state index contributed by atoms with van der Waals surface area (Å²) in [6.45, 7) is 0.288. The quantitative estimate of drug-likeness (QED) is 0.194. The van der Waals surface area contributed by atoms with Gasteiger partial charge in [-0.15, -0.1) is 0 Å². The zero-order valence-corrected chi connectivity index (χ0v) is 12.2. The first-order valence-electron chi connectivity index (χ1n) is 6.35. The SMILES string of the molecule is NCCCCC(N)C(=O)NCC(=O)NC(CS)C(N)=O. The maximum absolute atomic E-state index is 11.6. The molecule has 0 spiro atoms. The van der Waals surface area contributed by atoms with Gasteiger partial charge in [-0.2, -0.15) is 12.6 Å². The number of nitrogens with two attached hydrogens (primary N) is 3. The van der Waals surface area contributed by atoms with E-state index in [1.54, 1.807) is 0 Å². The van der Waals surface area contributed by atoms with E-state index in [9.17, 15) is 14.4 Å². The molecule has 0 bridgehead atoms. The number of unbranched alkanes of at least 4 members (excludes halogenated alkanes) is 1. The molecule has 2 atom stereocenters. The van der Waals surface area contributed by atoms with Crippen molar-refractivity contribution in [1.82, 2.24) is 10.6 Å². The van der Waals surface area contributed by atoms with Gasteiger partial charge in [0.05, 0.1) is 12.6 Å². The summed E-state index contributed by atoms with van der Waals surface area (Å²) in [5.74, 6) is -1.53. The van der Waals surface area contributed by atoms with Crippen molar-refractivity contribution < 1.29 is 14.4 Å². The molecule has 8 nitrogen and oxygen atoms in total. The minimum atomic E-state index is -0.860. The van der Waals surface area contributed by atoms with Crippen molar-refractivity contribution in [3.63, 3.8) is 0 Å². The van der Waals surface area contributed by atoms with E-state index in [-0.39, 0.29) is 12.3 Å². The highest BCUT2D eigenvalue weighted by Crippen LogP contribution is 1.97. The van der Waals surface area contributed by atoms with Crippen LogP contribution in [-0.2, 0) is 14.4 Å². The fraction of sp³-hybridized carbons (Fsp3) is 0.727. The number of carbonyl (C=O) groups excluding carboxylic acids is 3. The average molecular weight is 305 g/mol. The Bertz CT molecular complexity index is 340. The summed E-state index contributed by atoms with van der Waals surface area (Å²) in [5, 5.41) is 4.74. The fourth-order valence-corrected chi connectivity index (χ4v) is 1.66. The van der Waals surface area contributed by atoms with E-state index in [1.165, 1.54) is 0 Å². The summed E-state index contributed by atoms with van der Waals surface area (Å²) in [4.78, 5) is 34.0. The fourth-order valence-electron chi connectivity index (χ4n) is 1.39. The number of carbonyl (C=O) groups is 3. The highest BCUT2D eigenvalue weighted by Gasteiger charge is 2.18. The van der Waals surface area contributed by atoms with Crippen LogP contribution in [0.2, 0.25) is 0 Å². The molecule has 3 amide bonds. The van der Waals surface area contributed by atoms with Crippen LogP contribution in [0.3, 0.4) is 0 Å². The molecule has 20 heavy (non-hydrogen) atoms. The average Bonchev–Trinajstić information content (AvgIpc) is 2.41. The lowest BCUT2D eigenvalue weighted by atomic mass is 10.1. The minimum absolute atomic E-state index is 0.0909. The second-order valence-electron chi connectivity index (χ2n) is 4.31. The molecule has 0 heterocycles. The first-order chi connectivity index (χ1) is 9.42. The van der Waals surface area contributed by atoms with Gasteiger partial charge in [-0.25, -0.2) is 0 Å². The van der Waals surface area contributed by atoms with Crippen molar-refractivity contribution in [2.45, 2.75) is 31.3 Å². The lowest BCUT2D eigenvalue weighted by Gasteiger charge is -2.14. The van der Waals surface area contributed by atoms with E-state index in [4.69, 9.17) is 17.2 Å². The smallest absolute Gasteiger partial charge is 0.240 e. The molecule has 0 aliphatic carbocycles. The third kappa shape index (κ3) is 7.97. The Balaban J connectivity index is 3.98. The van der Waals surface area contributed by atoms with Gasteiger partial charge in [-0.3, -0.25) is 14.4 Å². The van der Waals surface area contributed by atoms with Gasteiger partial charge in [0.2, 0.25) is 17.7 Å². The maximum Gasteiger partial charge on any atom is 0.240 e. The van der Waals surface area contributed by atoms with Crippen LogP contribution in [0.5, 0.6) is 0 Å². The third-order valence-corrected chi connectivity index (χ3v) is 2.96. The molecule has 0 aromatic heterocycles. The normalized spacial score (nSPS) is 13.3. The monoisotopic (exact) mass is 305 g/mol. The summed E-state index contributed by atoms with van der Waals surface area (Å²) in [5.41, 5.74) is 16.0. The first kappa shape index (κ1) is 18.7. The molecule has 116 valence electrons. The van der Waals surface area contributed by atoms with Crippen LogP contribution in [-0.4, -0.2) is 48.6 Å². The standard InChI is InChI=1S/C11H23N5O3S/c12-4-2-1-3-7(13)11(19)15-5-9(17)16-8(6-20)10(14)18/h7-8,20H,1-6,12-13H2,(H2,14,18)(H,15,19)(H,16,17). The van der Waals surface area contributed by atoms with Gasteiger partial charge < -0.3 is 27.8 Å². The molecule has 0 saturated heterocycles. The van der Waals surface area contributed by atoms with Gasteiger partial charge in [0.1, 0.15) is 6.04 Å². The van der Waals surface area contributed by atoms with Gasteiger partial charge in [-0.1, -0.05) is 6.42 Å². The van der Waals surface area contributed by atoms with Gasteiger partial charge in [-0.05, 0) is 19.4 Å². The first-order valence-corrected chi connectivity index (χ1v) is 6.98. The summed E-state index contributed by atoms with van der Waals surface area (Å²) in [6, 6.07) is -1.54. The van der Waals surface area contributed by atoms with Crippen LogP contribution in [0.1, 0.15) is 19.3 Å². The minimum Gasteiger partial charge on any atom is -0.368 e. The van der Waals surface area contributed by atoms with Crippen molar-refractivity contribution in [2.24, 2.45) is 17.2 Å². The molecule has 0 aromatic carbocycles. The number of thiol groups is 1. The molecule has 9 heteroatoms. The molecular formula is C11H23N5O3S. The number of rotatable bonds is 10. The van der Waals surface area contributed by atoms with E-state index in [0.29, 0.717) is 13.0 Å². The Morgan fingerprint density at radius 1 is 1.20 bits per heavy atom.